The third-order valence-electron chi connectivity index (χ3n) is 2.36. The Morgan fingerprint density at radius 1 is 1.23 bits per heavy atom. The molecule has 0 N–H and O–H groups in total. The summed E-state index contributed by atoms with van der Waals surface area (Å²) >= 11 is 0. The molecule has 2 unspecified atom stereocenters. The van der Waals surface area contributed by atoms with E-state index in [1.807, 2.05) is 30.1 Å². The zero-order valence-corrected chi connectivity index (χ0v) is 8.37. The quantitative estimate of drug-likeness (QED) is 0.621. The maximum Gasteiger partial charge on any atom is 0.106 e. The number of benzene rings is 1. The molecule has 1 aliphatic heterocycles. The van der Waals surface area contributed by atoms with Crippen molar-refractivity contribution in [3.8, 4) is 0 Å². The molecule has 1 aliphatic rings. The van der Waals surface area contributed by atoms with E-state index in [1.165, 1.54) is 5.56 Å². The predicted octanol–water partition coefficient (Wildman–Crippen LogP) is 2.03. The van der Waals surface area contributed by atoms with Crippen LogP contribution in [0.1, 0.15) is 12.5 Å². The first kappa shape index (κ1) is 8.68. The molecule has 1 nitrogen and oxygen atoms in total. The van der Waals surface area contributed by atoms with Gasteiger partial charge in [-0.25, -0.2) is 0 Å². The number of hydrogen-bond donors (Lipinski definition) is 0. The Morgan fingerprint density at radius 3 is 2.46 bits per heavy atom. The van der Waals surface area contributed by atoms with E-state index in [4.69, 9.17) is 0 Å². The lowest BCUT2D eigenvalue weighted by Gasteiger charge is -2.15. The Balaban J connectivity index is 2.43. The van der Waals surface area contributed by atoms with Crippen LogP contribution in [0, 0.1) is 0 Å². The SMILES string of the molecule is CC1(c2ccccc2)C=C[P+]([O-])=C1. The minimum Gasteiger partial charge on any atom is -0.627 e. The van der Waals surface area contributed by atoms with E-state index in [9.17, 15) is 4.89 Å². The Hall–Kier alpha value is -0.910. The minimum atomic E-state index is -1.23. The average molecular weight is 190 g/mol. The van der Waals surface area contributed by atoms with Crippen LogP contribution in [-0.4, -0.2) is 5.80 Å². The summed E-state index contributed by atoms with van der Waals surface area (Å²) < 4.78 is 0. The van der Waals surface area contributed by atoms with E-state index in [2.05, 4.69) is 19.1 Å². The number of rotatable bonds is 1. The number of allylic oxidation sites excluding steroid dienone is 1. The maximum atomic E-state index is 11.2. The monoisotopic (exact) mass is 190 g/mol. The molecule has 13 heavy (non-hydrogen) atoms. The lowest BCUT2D eigenvalue weighted by Crippen LogP contribution is -2.18. The molecule has 0 saturated carbocycles. The van der Waals surface area contributed by atoms with Gasteiger partial charge in [-0.15, -0.1) is 0 Å². The Kier molecular flexibility index (Phi) is 2.07. The average Bonchev–Trinajstić information content (AvgIpc) is 2.49. The summed E-state index contributed by atoms with van der Waals surface area (Å²) in [5.41, 5.74) is 1.07. The molecule has 0 spiro atoms. The van der Waals surface area contributed by atoms with Crippen molar-refractivity contribution < 1.29 is 4.89 Å². The lowest BCUT2D eigenvalue weighted by molar-refractivity contribution is -0.149. The highest BCUT2D eigenvalue weighted by atomic mass is 31.1. The maximum absolute atomic E-state index is 11.2. The molecule has 0 fully saturated rings. The van der Waals surface area contributed by atoms with Gasteiger partial charge in [0.15, 0.2) is 0 Å². The van der Waals surface area contributed by atoms with Gasteiger partial charge < -0.3 is 4.89 Å². The van der Waals surface area contributed by atoms with Gasteiger partial charge in [-0.2, -0.15) is 0 Å². The fourth-order valence-electron chi connectivity index (χ4n) is 1.55. The molecule has 66 valence electrons. The fourth-order valence-corrected chi connectivity index (χ4v) is 2.85. The molecule has 2 atom stereocenters. The van der Waals surface area contributed by atoms with Crippen molar-refractivity contribution in [1.29, 1.82) is 0 Å². The molecule has 2 rings (SSSR count). The Labute approximate surface area is 79.2 Å². The Bertz CT molecular complexity index is 367. The van der Waals surface area contributed by atoms with Crippen LogP contribution in [0.3, 0.4) is 0 Å². The first-order valence-electron chi connectivity index (χ1n) is 4.27. The largest absolute Gasteiger partial charge is 0.627 e. The van der Waals surface area contributed by atoms with Crippen molar-refractivity contribution in [3.05, 3.63) is 47.8 Å². The minimum absolute atomic E-state index is 0.130. The highest BCUT2D eigenvalue weighted by molar-refractivity contribution is 7.54. The van der Waals surface area contributed by atoms with Crippen LogP contribution in [0.15, 0.2) is 42.2 Å². The zero-order valence-electron chi connectivity index (χ0n) is 7.47. The molecule has 1 aromatic rings. The van der Waals surface area contributed by atoms with Gasteiger partial charge in [0.05, 0.1) is 13.2 Å². The van der Waals surface area contributed by atoms with Gasteiger partial charge in [0.25, 0.3) is 0 Å². The molecule has 0 bridgehead atoms. The lowest BCUT2D eigenvalue weighted by atomic mass is 9.85. The van der Waals surface area contributed by atoms with Crippen LogP contribution in [-0.2, 0) is 5.41 Å². The van der Waals surface area contributed by atoms with E-state index in [-0.39, 0.29) is 5.41 Å². The van der Waals surface area contributed by atoms with Crippen molar-refractivity contribution in [3.63, 3.8) is 0 Å². The number of hydrogen-bond acceptors (Lipinski definition) is 1. The second kappa shape index (κ2) is 3.10. The summed E-state index contributed by atoms with van der Waals surface area (Å²) in [5, 5.41) is 0. The molecule has 2 heteroatoms. The van der Waals surface area contributed by atoms with Crippen LogP contribution in [0.25, 0.3) is 0 Å². The van der Waals surface area contributed by atoms with Crippen molar-refractivity contribution in [2.24, 2.45) is 0 Å². The summed E-state index contributed by atoms with van der Waals surface area (Å²) in [6.07, 6.45) is 2.01. The normalized spacial score (nSPS) is 28.9. The predicted molar refractivity (Wildman–Crippen MR) is 55.9 cm³/mol. The summed E-state index contributed by atoms with van der Waals surface area (Å²) in [4.78, 5) is 11.2. The van der Waals surface area contributed by atoms with Crippen LogP contribution in [0.5, 0.6) is 0 Å². The molecule has 0 amide bonds. The van der Waals surface area contributed by atoms with Crippen LogP contribution < -0.4 is 4.89 Å². The summed E-state index contributed by atoms with van der Waals surface area (Å²) in [6.45, 7) is 2.08. The topological polar surface area (TPSA) is 23.1 Å². The highest BCUT2D eigenvalue weighted by Crippen LogP contribution is 2.34. The van der Waals surface area contributed by atoms with Gasteiger partial charge in [0, 0.05) is 0 Å². The van der Waals surface area contributed by atoms with E-state index in [0.717, 1.165) is 0 Å². The highest BCUT2D eigenvalue weighted by Gasteiger charge is 2.28. The van der Waals surface area contributed by atoms with E-state index in [1.54, 1.807) is 5.82 Å². The van der Waals surface area contributed by atoms with Gasteiger partial charge in [0.1, 0.15) is 11.6 Å². The zero-order chi connectivity index (χ0) is 9.31. The molecular formula is C11H11OP. The third-order valence-corrected chi connectivity index (χ3v) is 3.59. The van der Waals surface area contributed by atoms with Gasteiger partial charge in [-0.3, -0.25) is 0 Å². The third kappa shape index (κ3) is 1.58. The van der Waals surface area contributed by atoms with E-state index in [0.29, 0.717) is 0 Å². The second-order valence-electron chi connectivity index (χ2n) is 3.45. The molecule has 0 radical (unpaired) electrons. The van der Waals surface area contributed by atoms with Gasteiger partial charge in [-0.1, -0.05) is 30.3 Å². The molecule has 1 aromatic carbocycles. The van der Waals surface area contributed by atoms with Crippen molar-refractivity contribution in [2.45, 2.75) is 12.3 Å². The van der Waals surface area contributed by atoms with E-state index >= 15 is 0 Å². The second-order valence-corrected chi connectivity index (χ2v) is 4.73. The Morgan fingerprint density at radius 2 is 1.92 bits per heavy atom. The summed E-state index contributed by atoms with van der Waals surface area (Å²) in [6, 6.07) is 10.1. The molecule has 0 aliphatic carbocycles. The summed E-state index contributed by atoms with van der Waals surface area (Å²) in [7, 11) is -1.23. The molecule has 0 aromatic heterocycles. The van der Waals surface area contributed by atoms with Crippen LogP contribution >= 0.6 is 7.77 Å². The molecular weight excluding hydrogens is 179 g/mol. The molecule has 1 heterocycles. The first-order valence-corrected chi connectivity index (χ1v) is 5.67. The smallest absolute Gasteiger partial charge is 0.106 e. The van der Waals surface area contributed by atoms with Crippen molar-refractivity contribution in [1.82, 2.24) is 0 Å². The van der Waals surface area contributed by atoms with Gasteiger partial charge in [-0.05, 0) is 18.6 Å². The van der Waals surface area contributed by atoms with Crippen molar-refractivity contribution >= 4 is 13.6 Å². The molecule has 0 saturated heterocycles. The van der Waals surface area contributed by atoms with Crippen molar-refractivity contribution in [2.75, 3.05) is 0 Å². The van der Waals surface area contributed by atoms with Crippen LogP contribution in [0.4, 0.5) is 0 Å². The standard InChI is InChI=1S/C11H11OP/c1-11(7-8-13(12)9-11)10-5-3-2-4-6-10/h2-9H,1H3. The first-order chi connectivity index (χ1) is 6.21. The van der Waals surface area contributed by atoms with E-state index < -0.39 is 7.77 Å². The fraction of sp³-hybridized carbons (Fsp3) is 0.182. The van der Waals surface area contributed by atoms with Gasteiger partial charge >= 0.3 is 0 Å². The summed E-state index contributed by atoms with van der Waals surface area (Å²) in [5.74, 6) is 3.68. The van der Waals surface area contributed by atoms with Crippen LogP contribution in [0.2, 0.25) is 0 Å². The van der Waals surface area contributed by atoms with Gasteiger partial charge in [0.2, 0.25) is 0 Å².